The van der Waals surface area contributed by atoms with Crippen LogP contribution in [0.25, 0.3) is 0 Å². The van der Waals surface area contributed by atoms with Crippen molar-refractivity contribution < 1.29 is 8.78 Å². The van der Waals surface area contributed by atoms with E-state index in [9.17, 15) is 8.78 Å². The van der Waals surface area contributed by atoms with Gasteiger partial charge in [0.15, 0.2) is 0 Å². The first-order valence-corrected chi connectivity index (χ1v) is 10.6. The van der Waals surface area contributed by atoms with Crippen molar-refractivity contribution in [1.82, 2.24) is 4.98 Å². The molecular weight excluding hydrogens is 411 g/mol. The molecule has 0 N–H and O–H groups in total. The Hall–Kier alpha value is -0.823. The van der Waals surface area contributed by atoms with Crippen molar-refractivity contribution in [3.63, 3.8) is 0 Å². The smallest absolute Gasteiger partial charge is 0.147 e. The van der Waals surface area contributed by atoms with Crippen molar-refractivity contribution in [2.24, 2.45) is 0 Å². The van der Waals surface area contributed by atoms with E-state index in [1.54, 1.807) is 6.20 Å². The summed E-state index contributed by atoms with van der Waals surface area (Å²) in [5.74, 6) is -0.994. The maximum atomic E-state index is 14.2. The molecule has 0 aliphatic carbocycles. The number of hydrogen-bond donors (Lipinski definition) is 0. The van der Waals surface area contributed by atoms with E-state index in [0.29, 0.717) is 3.57 Å². The lowest BCUT2D eigenvalue weighted by Gasteiger charge is -2.40. The van der Waals surface area contributed by atoms with Crippen molar-refractivity contribution in [2.45, 2.75) is 38.8 Å². The summed E-state index contributed by atoms with van der Waals surface area (Å²) in [4.78, 5) is 4.58. The highest BCUT2D eigenvalue weighted by Crippen LogP contribution is 2.33. The zero-order valence-corrected chi connectivity index (χ0v) is 16.4. The number of halogens is 3. The van der Waals surface area contributed by atoms with Gasteiger partial charge in [-0.15, -0.1) is 0 Å². The maximum absolute atomic E-state index is 14.2. The zero-order chi connectivity index (χ0) is 16.5. The molecule has 1 nitrogen and oxygen atoms in total. The van der Waals surface area contributed by atoms with Gasteiger partial charge in [-0.3, -0.25) is 4.98 Å². The molecule has 5 heteroatoms. The minimum absolute atomic E-state index is 0.275. The molecule has 0 bridgehead atoms. The van der Waals surface area contributed by atoms with E-state index in [-0.39, 0.29) is 11.1 Å². The number of benzene rings is 1. The van der Waals surface area contributed by atoms with Gasteiger partial charge in [0.05, 0.1) is 0 Å². The van der Waals surface area contributed by atoms with Crippen LogP contribution >= 0.6 is 22.6 Å². The van der Waals surface area contributed by atoms with Crippen LogP contribution in [0.5, 0.6) is 0 Å². The molecule has 1 heterocycles. The highest BCUT2D eigenvalue weighted by atomic mass is 127. The van der Waals surface area contributed by atoms with Gasteiger partial charge in [0.25, 0.3) is 0 Å². The van der Waals surface area contributed by atoms with Gasteiger partial charge in [0.2, 0.25) is 0 Å². The average Bonchev–Trinajstić information content (AvgIpc) is 2.45. The van der Waals surface area contributed by atoms with E-state index in [0.717, 1.165) is 16.6 Å². The highest BCUT2D eigenvalue weighted by molar-refractivity contribution is 14.1. The Morgan fingerprint density at radius 3 is 2.18 bits per heavy atom. The van der Waals surface area contributed by atoms with E-state index >= 15 is 0 Å². The van der Waals surface area contributed by atoms with Crippen molar-refractivity contribution >= 4 is 41.2 Å². The van der Waals surface area contributed by atoms with E-state index in [2.05, 4.69) is 32.7 Å². The minimum atomic E-state index is -2.41. The molecule has 0 spiro atoms. The molecule has 0 atom stereocenters. The fourth-order valence-electron chi connectivity index (χ4n) is 3.48. The molecule has 0 radical (unpaired) electrons. The first-order chi connectivity index (χ1) is 10.3. The SMILES string of the molecule is CC(C)[Si](c1ccccn1)(c1cc(F)cc(F)c1I)C(C)C. The first-order valence-electron chi connectivity index (χ1n) is 7.38. The van der Waals surface area contributed by atoms with Gasteiger partial charge in [-0.25, -0.2) is 8.78 Å². The summed E-state index contributed by atoms with van der Waals surface area (Å²) in [5, 5.41) is 1.80. The summed E-state index contributed by atoms with van der Waals surface area (Å²) in [7, 11) is -2.41. The summed E-state index contributed by atoms with van der Waals surface area (Å²) in [5.41, 5.74) is 0.550. The van der Waals surface area contributed by atoms with Crippen LogP contribution < -0.4 is 10.5 Å². The second kappa shape index (κ2) is 6.74. The Kier molecular flexibility index (Phi) is 5.37. The molecule has 0 aliphatic heterocycles. The van der Waals surface area contributed by atoms with Crippen molar-refractivity contribution in [3.8, 4) is 0 Å². The number of aromatic nitrogens is 1. The molecule has 1 aromatic heterocycles. The van der Waals surface area contributed by atoms with E-state index in [4.69, 9.17) is 0 Å². The van der Waals surface area contributed by atoms with Gasteiger partial charge >= 0.3 is 0 Å². The van der Waals surface area contributed by atoms with Gasteiger partial charge in [-0.1, -0.05) is 33.8 Å². The molecule has 0 fully saturated rings. The van der Waals surface area contributed by atoms with E-state index in [1.165, 1.54) is 6.07 Å². The fraction of sp³-hybridized carbons (Fsp3) is 0.353. The molecule has 0 saturated heterocycles. The van der Waals surface area contributed by atoms with Gasteiger partial charge in [0, 0.05) is 21.2 Å². The molecule has 22 heavy (non-hydrogen) atoms. The molecular formula is C17H20F2INSi. The average molecular weight is 431 g/mol. The number of hydrogen-bond acceptors (Lipinski definition) is 1. The van der Waals surface area contributed by atoms with E-state index < -0.39 is 19.7 Å². The molecule has 0 unspecified atom stereocenters. The first kappa shape index (κ1) is 17.5. The predicted octanol–water partition coefficient (Wildman–Crippen LogP) is 4.35. The topological polar surface area (TPSA) is 12.9 Å². The van der Waals surface area contributed by atoms with Crippen LogP contribution in [-0.2, 0) is 0 Å². The van der Waals surface area contributed by atoms with Gasteiger partial charge in [0.1, 0.15) is 19.7 Å². The van der Waals surface area contributed by atoms with Gasteiger partial charge in [-0.05, 0) is 57.1 Å². The third-order valence-electron chi connectivity index (χ3n) is 4.35. The van der Waals surface area contributed by atoms with Crippen molar-refractivity contribution in [2.75, 3.05) is 0 Å². The highest BCUT2D eigenvalue weighted by Gasteiger charge is 2.46. The van der Waals surface area contributed by atoms with Crippen LogP contribution in [0.15, 0.2) is 36.5 Å². The molecule has 2 rings (SSSR count). The van der Waals surface area contributed by atoms with Gasteiger partial charge < -0.3 is 0 Å². The summed E-state index contributed by atoms with van der Waals surface area (Å²) >= 11 is 2.01. The van der Waals surface area contributed by atoms with Crippen molar-refractivity contribution in [1.29, 1.82) is 0 Å². The molecule has 1 aromatic carbocycles. The Bertz CT molecular complexity index is 651. The Labute approximate surface area is 145 Å². The quantitative estimate of drug-likeness (QED) is 0.399. The molecule has 2 aromatic rings. The summed E-state index contributed by atoms with van der Waals surface area (Å²) in [6.07, 6.45) is 1.77. The fourth-order valence-corrected chi connectivity index (χ4v) is 10.7. The lowest BCUT2D eigenvalue weighted by atomic mass is 10.3. The Morgan fingerprint density at radius 2 is 1.68 bits per heavy atom. The number of pyridine rings is 1. The largest absolute Gasteiger partial charge is 0.266 e. The summed E-state index contributed by atoms with van der Waals surface area (Å²) in [6, 6.07) is 8.32. The Balaban J connectivity index is 2.86. The van der Waals surface area contributed by atoms with Gasteiger partial charge in [-0.2, -0.15) is 0 Å². The summed E-state index contributed by atoms with van der Waals surface area (Å²) < 4.78 is 28.6. The van der Waals surface area contributed by atoms with Crippen LogP contribution in [-0.4, -0.2) is 13.1 Å². The molecule has 0 aliphatic rings. The standard InChI is InChI=1S/C17H20F2INSi/c1-11(2)22(12(3)4,16-7-5-6-8-21-16)15-10-13(18)9-14(19)17(15)20/h5-12H,1-4H3. The van der Waals surface area contributed by atoms with Crippen LogP contribution in [0.1, 0.15) is 27.7 Å². The number of rotatable bonds is 4. The van der Waals surface area contributed by atoms with Crippen LogP contribution in [0.4, 0.5) is 8.78 Å². The lowest BCUT2D eigenvalue weighted by molar-refractivity contribution is 0.580. The molecule has 118 valence electrons. The van der Waals surface area contributed by atoms with Crippen molar-refractivity contribution in [3.05, 3.63) is 51.7 Å². The second-order valence-corrected chi connectivity index (χ2v) is 12.3. The molecule has 0 saturated carbocycles. The van der Waals surface area contributed by atoms with Crippen LogP contribution in [0, 0.1) is 15.2 Å². The second-order valence-electron chi connectivity index (χ2n) is 6.14. The predicted molar refractivity (Wildman–Crippen MR) is 98.5 cm³/mol. The monoisotopic (exact) mass is 431 g/mol. The van der Waals surface area contributed by atoms with Crippen LogP contribution in [0.2, 0.25) is 11.1 Å². The van der Waals surface area contributed by atoms with E-state index in [1.807, 2.05) is 40.8 Å². The third kappa shape index (κ3) is 2.85. The maximum Gasteiger partial charge on any atom is 0.147 e. The zero-order valence-electron chi connectivity index (χ0n) is 13.2. The molecule has 0 amide bonds. The lowest BCUT2D eigenvalue weighted by Crippen LogP contribution is -2.64. The summed E-state index contributed by atoms with van der Waals surface area (Å²) in [6.45, 7) is 8.55. The normalized spacial score (nSPS) is 12.2. The minimum Gasteiger partial charge on any atom is -0.266 e. The third-order valence-corrected chi connectivity index (χ3v) is 12.0. The Morgan fingerprint density at radius 1 is 1.05 bits per heavy atom. The number of nitrogens with zero attached hydrogens (tertiary/aromatic N) is 1. The van der Waals surface area contributed by atoms with Crippen LogP contribution in [0.3, 0.4) is 0 Å².